The van der Waals surface area contributed by atoms with Gasteiger partial charge in [0.25, 0.3) is 0 Å². The maximum absolute atomic E-state index is 9.97. The Kier molecular flexibility index (Phi) is 4.83. The summed E-state index contributed by atoms with van der Waals surface area (Å²) in [7, 11) is 3.17. The average Bonchev–Trinajstić information content (AvgIpc) is 2.64. The first-order chi connectivity index (χ1) is 12.1. The third-order valence-corrected chi connectivity index (χ3v) is 7.41. The van der Waals surface area contributed by atoms with Crippen LogP contribution in [0.25, 0.3) is 10.9 Å². The summed E-state index contributed by atoms with van der Waals surface area (Å²) in [5, 5.41) is 20.4. The Bertz CT molecular complexity index is 996. The van der Waals surface area contributed by atoms with Crippen molar-refractivity contribution in [1.82, 2.24) is 4.98 Å². The molecule has 0 aliphatic carbocycles. The number of hydrogen-bond acceptors (Lipinski definition) is 5. The van der Waals surface area contributed by atoms with Gasteiger partial charge < -0.3 is 0 Å². The molecule has 1 atom stereocenters. The van der Waals surface area contributed by atoms with Crippen LogP contribution in [-0.2, 0) is 0 Å². The van der Waals surface area contributed by atoms with Crippen molar-refractivity contribution < 1.29 is 14.6 Å². The molecule has 0 saturated heterocycles. The number of nitriles is 1. The minimum atomic E-state index is -0.855. The van der Waals surface area contributed by atoms with E-state index in [0.717, 1.165) is 25.2 Å². The molecule has 1 unspecified atom stereocenters. The van der Waals surface area contributed by atoms with Crippen LogP contribution in [-0.4, -0.2) is 40.1 Å². The van der Waals surface area contributed by atoms with E-state index in [1.807, 2.05) is 31.2 Å². The summed E-state index contributed by atoms with van der Waals surface area (Å²) in [5.41, 5.74) is 2.17. The zero-order chi connectivity index (χ0) is 18.0. The van der Waals surface area contributed by atoms with Crippen molar-refractivity contribution in [2.75, 3.05) is 14.2 Å². The van der Waals surface area contributed by atoms with Crippen LogP contribution in [0.2, 0.25) is 0 Å². The number of ether oxygens (including phenoxy) is 2. The Balaban J connectivity index is 2.24. The molecule has 0 saturated carbocycles. The quantitative estimate of drug-likeness (QED) is 0.677. The fourth-order valence-electron chi connectivity index (χ4n) is 2.63. The third kappa shape index (κ3) is 3.14. The van der Waals surface area contributed by atoms with Gasteiger partial charge in [0.05, 0.1) is 0 Å². The number of benzene rings is 2. The number of pyridine rings is 1. The minimum absolute atomic E-state index is 0.275. The molecule has 0 aliphatic heterocycles. The fraction of sp³-hybridized carbons (Fsp3) is 0.158. The molecule has 1 heterocycles. The van der Waals surface area contributed by atoms with Crippen LogP contribution in [0.4, 0.5) is 0 Å². The van der Waals surface area contributed by atoms with E-state index >= 15 is 0 Å². The molecule has 0 fully saturated rings. The number of rotatable bonds is 4. The summed E-state index contributed by atoms with van der Waals surface area (Å²) >= 11 is -0.855. The Morgan fingerprint density at radius 2 is 1.88 bits per heavy atom. The van der Waals surface area contributed by atoms with Gasteiger partial charge in [-0.05, 0) is 0 Å². The summed E-state index contributed by atoms with van der Waals surface area (Å²) < 4.78 is 12.8. The van der Waals surface area contributed by atoms with Gasteiger partial charge in [0.1, 0.15) is 0 Å². The molecule has 3 rings (SSSR count). The van der Waals surface area contributed by atoms with Gasteiger partial charge in [0.2, 0.25) is 0 Å². The number of nitrogens with zero attached hydrogens (tertiary/aromatic N) is 2. The monoisotopic (exact) mass is 396 g/mol. The molecule has 126 valence electrons. The van der Waals surface area contributed by atoms with Crippen LogP contribution in [0.3, 0.4) is 0 Å². The fourth-order valence-corrected chi connectivity index (χ4v) is 5.47. The van der Waals surface area contributed by atoms with Crippen LogP contribution in [0, 0.1) is 18.3 Å². The first-order valence-electron chi connectivity index (χ1n) is 7.59. The molecule has 2 aromatic carbocycles. The number of phenols is 1. The molecule has 0 radical (unpaired) electrons. The number of fused-ring (bicyclic) bond motifs is 1. The molecular formula is C19H17AsN2O3. The summed E-state index contributed by atoms with van der Waals surface area (Å²) in [4.78, 5) is 4.39. The van der Waals surface area contributed by atoms with E-state index in [0.29, 0.717) is 17.1 Å². The zero-order valence-corrected chi connectivity index (χ0v) is 16.2. The Hall–Kier alpha value is -2.70. The molecule has 0 amide bonds. The Morgan fingerprint density at radius 1 is 1.16 bits per heavy atom. The van der Waals surface area contributed by atoms with E-state index < -0.39 is 15.8 Å². The second-order valence-electron chi connectivity index (χ2n) is 5.46. The van der Waals surface area contributed by atoms with E-state index in [-0.39, 0.29) is 5.75 Å². The van der Waals surface area contributed by atoms with Gasteiger partial charge in [-0.1, -0.05) is 0 Å². The first kappa shape index (κ1) is 17.1. The third-order valence-electron chi connectivity index (χ3n) is 4.06. The van der Waals surface area contributed by atoms with Gasteiger partial charge in [-0.25, -0.2) is 0 Å². The van der Waals surface area contributed by atoms with Gasteiger partial charge in [-0.3, -0.25) is 0 Å². The van der Waals surface area contributed by atoms with Crippen LogP contribution < -0.4 is 18.2 Å². The van der Waals surface area contributed by atoms with Crippen LogP contribution in [0.5, 0.6) is 17.2 Å². The van der Waals surface area contributed by atoms with Crippen LogP contribution in [0.1, 0.15) is 11.1 Å². The van der Waals surface area contributed by atoms with E-state index in [1.54, 1.807) is 26.5 Å². The van der Waals surface area contributed by atoms with Crippen LogP contribution >= 0.6 is 0 Å². The number of phenolic OH excluding ortho intramolecular Hbond substituents is 1. The topological polar surface area (TPSA) is 75.4 Å². The summed E-state index contributed by atoms with van der Waals surface area (Å²) in [6, 6.07) is 11.4. The normalized spacial score (nSPS) is 11.0. The van der Waals surface area contributed by atoms with Crippen molar-refractivity contribution >= 4 is 35.4 Å². The van der Waals surface area contributed by atoms with E-state index in [1.165, 1.54) is 0 Å². The molecule has 0 bridgehead atoms. The average molecular weight is 396 g/mol. The Labute approximate surface area is 152 Å². The molecule has 0 spiro atoms. The standard InChI is InChI=1S/C19H17AsN2O3/c1-11-14(5-4-6-16(11)23)20-19-12(9-21)10-22-15-8-18(25-3)17(24-2)7-13(15)19/h4-8,10,20,23H,1-3H3. The molecular weight excluding hydrogens is 379 g/mol. The molecule has 25 heavy (non-hydrogen) atoms. The first-order valence-corrected chi connectivity index (χ1v) is 9.69. The van der Waals surface area contributed by atoms with Crippen LogP contribution in [0.15, 0.2) is 36.5 Å². The molecule has 5 nitrogen and oxygen atoms in total. The van der Waals surface area contributed by atoms with Crippen molar-refractivity contribution in [3.05, 3.63) is 47.7 Å². The molecule has 1 N–H and O–H groups in total. The summed E-state index contributed by atoms with van der Waals surface area (Å²) in [5.74, 6) is 1.48. The number of hydrogen-bond donors (Lipinski definition) is 1. The second-order valence-corrected chi connectivity index (χ2v) is 8.16. The SMILES string of the molecule is COc1cc2ncc(C#N)c([AsH]c3cccc(O)c3C)c2cc1OC. The predicted octanol–water partition coefficient (Wildman–Crippen LogP) is 1.52. The number of aromatic hydroxyl groups is 1. The van der Waals surface area contributed by atoms with Crippen molar-refractivity contribution in [2.24, 2.45) is 0 Å². The number of aromatic nitrogens is 1. The second kappa shape index (κ2) is 7.04. The zero-order valence-electron chi connectivity index (χ0n) is 14.1. The van der Waals surface area contributed by atoms with Gasteiger partial charge >= 0.3 is 152 Å². The summed E-state index contributed by atoms with van der Waals surface area (Å²) in [6.45, 7) is 1.90. The van der Waals surface area contributed by atoms with Gasteiger partial charge in [0, 0.05) is 0 Å². The van der Waals surface area contributed by atoms with E-state index in [4.69, 9.17) is 9.47 Å². The molecule has 3 aromatic rings. The van der Waals surface area contributed by atoms with Gasteiger partial charge in [-0.2, -0.15) is 0 Å². The predicted molar refractivity (Wildman–Crippen MR) is 98.8 cm³/mol. The Morgan fingerprint density at radius 3 is 2.56 bits per heavy atom. The van der Waals surface area contributed by atoms with Gasteiger partial charge in [0.15, 0.2) is 0 Å². The number of methoxy groups -OCH3 is 2. The van der Waals surface area contributed by atoms with E-state index in [9.17, 15) is 10.4 Å². The van der Waals surface area contributed by atoms with Crippen molar-refractivity contribution in [3.63, 3.8) is 0 Å². The molecule has 1 aromatic heterocycles. The molecule has 6 heteroatoms. The maximum atomic E-state index is 9.97. The van der Waals surface area contributed by atoms with E-state index in [2.05, 4.69) is 11.1 Å². The van der Waals surface area contributed by atoms with Crippen molar-refractivity contribution in [1.29, 1.82) is 5.26 Å². The van der Waals surface area contributed by atoms with Crippen molar-refractivity contribution in [3.8, 4) is 23.3 Å². The molecule has 0 aliphatic rings. The summed E-state index contributed by atoms with van der Waals surface area (Å²) in [6.07, 6.45) is 1.60. The van der Waals surface area contributed by atoms with Crippen molar-refractivity contribution in [2.45, 2.75) is 6.92 Å². The van der Waals surface area contributed by atoms with Gasteiger partial charge in [-0.15, -0.1) is 0 Å².